The Kier molecular flexibility index (Phi) is 6.70. The molecule has 1 rings (SSSR count). The number of halogens is 1. The summed E-state index contributed by atoms with van der Waals surface area (Å²) >= 11 is 5.93. The third-order valence-corrected chi connectivity index (χ3v) is 4.49. The van der Waals surface area contributed by atoms with Gasteiger partial charge in [0.2, 0.25) is 10.0 Å². The van der Waals surface area contributed by atoms with Crippen molar-refractivity contribution in [2.45, 2.75) is 18.2 Å². The van der Waals surface area contributed by atoms with Gasteiger partial charge in [-0.15, -0.1) is 0 Å². The van der Waals surface area contributed by atoms with Gasteiger partial charge in [-0.1, -0.05) is 11.6 Å². The van der Waals surface area contributed by atoms with Crippen LogP contribution in [-0.4, -0.2) is 39.9 Å². The smallest absolute Gasteiger partial charge is 0.240 e. The van der Waals surface area contributed by atoms with Crippen LogP contribution in [0.1, 0.15) is 12.0 Å². The SMILES string of the molecule is Cc1c(N)cc(S(=O)(=O)NCCCOCCO)cc1Cl. The van der Waals surface area contributed by atoms with Gasteiger partial charge in [0.25, 0.3) is 0 Å². The fraction of sp³-hybridized carbons (Fsp3) is 0.500. The van der Waals surface area contributed by atoms with Gasteiger partial charge in [-0.3, -0.25) is 0 Å². The maximum absolute atomic E-state index is 12.0. The summed E-state index contributed by atoms with van der Waals surface area (Å²) in [5.74, 6) is 0. The van der Waals surface area contributed by atoms with Gasteiger partial charge < -0.3 is 15.6 Å². The van der Waals surface area contributed by atoms with E-state index in [0.29, 0.717) is 29.3 Å². The largest absolute Gasteiger partial charge is 0.398 e. The second-order valence-electron chi connectivity index (χ2n) is 4.21. The number of anilines is 1. The molecule has 0 heterocycles. The lowest BCUT2D eigenvalue weighted by molar-refractivity contribution is 0.0913. The Bertz CT molecular complexity index is 525. The lowest BCUT2D eigenvalue weighted by Gasteiger charge is -2.10. The number of rotatable bonds is 8. The van der Waals surface area contributed by atoms with Crippen LogP contribution in [0, 0.1) is 6.92 Å². The molecule has 0 unspecified atom stereocenters. The van der Waals surface area contributed by atoms with Crippen LogP contribution in [0.4, 0.5) is 5.69 Å². The standard InChI is InChI=1S/C12H19ClN2O4S/c1-9-11(13)7-10(8-12(9)14)20(17,18)15-3-2-5-19-6-4-16/h7-8,15-16H,2-6,14H2,1H3. The van der Waals surface area contributed by atoms with Crippen molar-refractivity contribution >= 4 is 27.3 Å². The number of hydrogen-bond donors (Lipinski definition) is 3. The van der Waals surface area contributed by atoms with Crippen molar-refractivity contribution in [3.63, 3.8) is 0 Å². The zero-order valence-electron chi connectivity index (χ0n) is 11.2. The van der Waals surface area contributed by atoms with Crippen LogP contribution >= 0.6 is 11.6 Å². The second kappa shape index (κ2) is 7.80. The predicted molar refractivity (Wildman–Crippen MR) is 78.3 cm³/mol. The summed E-state index contributed by atoms with van der Waals surface area (Å²) in [7, 11) is -3.63. The summed E-state index contributed by atoms with van der Waals surface area (Å²) in [6.45, 7) is 2.53. The molecule has 0 aliphatic carbocycles. The molecule has 0 fully saturated rings. The van der Waals surface area contributed by atoms with Crippen LogP contribution < -0.4 is 10.5 Å². The summed E-state index contributed by atoms with van der Waals surface area (Å²) in [5.41, 5.74) is 6.70. The Morgan fingerprint density at radius 1 is 1.40 bits per heavy atom. The Hall–Kier alpha value is -0.860. The summed E-state index contributed by atoms with van der Waals surface area (Å²) in [6, 6.07) is 2.75. The highest BCUT2D eigenvalue weighted by atomic mass is 35.5. The van der Waals surface area contributed by atoms with Gasteiger partial charge in [0.1, 0.15) is 0 Å². The number of nitrogen functional groups attached to an aromatic ring is 1. The van der Waals surface area contributed by atoms with E-state index < -0.39 is 10.0 Å². The molecule has 0 aromatic heterocycles. The van der Waals surface area contributed by atoms with E-state index in [1.165, 1.54) is 12.1 Å². The highest BCUT2D eigenvalue weighted by molar-refractivity contribution is 7.89. The first-order chi connectivity index (χ1) is 9.38. The summed E-state index contributed by atoms with van der Waals surface area (Å²) in [6.07, 6.45) is 0.508. The van der Waals surface area contributed by atoms with Gasteiger partial charge in [-0.2, -0.15) is 0 Å². The molecule has 0 atom stereocenters. The monoisotopic (exact) mass is 322 g/mol. The number of aliphatic hydroxyl groups is 1. The first kappa shape index (κ1) is 17.2. The van der Waals surface area contributed by atoms with Gasteiger partial charge in [-0.05, 0) is 31.0 Å². The molecule has 4 N–H and O–H groups in total. The Morgan fingerprint density at radius 2 is 2.10 bits per heavy atom. The minimum absolute atomic E-state index is 0.0434. The molecule has 0 saturated heterocycles. The summed E-state index contributed by atoms with van der Waals surface area (Å²) in [4.78, 5) is 0.0434. The van der Waals surface area contributed by atoms with E-state index in [-0.39, 0.29) is 24.7 Å². The summed E-state index contributed by atoms with van der Waals surface area (Å²) < 4.78 is 31.5. The molecule has 0 bridgehead atoms. The molecule has 0 radical (unpaired) electrons. The molecule has 1 aromatic carbocycles. The molecule has 0 amide bonds. The van der Waals surface area contributed by atoms with Crippen LogP contribution in [-0.2, 0) is 14.8 Å². The fourth-order valence-corrected chi connectivity index (χ4v) is 2.89. The molecule has 6 nitrogen and oxygen atoms in total. The van der Waals surface area contributed by atoms with Crippen molar-refractivity contribution in [3.8, 4) is 0 Å². The highest BCUT2D eigenvalue weighted by Crippen LogP contribution is 2.25. The number of aliphatic hydroxyl groups excluding tert-OH is 1. The topological polar surface area (TPSA) is 102 Å². The molecule has 0 saturated carbocycles. The van der Waals surface area contributed by atoms with Crippen LogP contribution in [0.5, 0.6) is 0 Å². The van der Waals surface area contributed by atoms with Gasteiger partial charge in [-0.25, -0.2) is 13.1 Å². The first-order valence-corrected chi connectivity index (χ1v) is 7.98. The Morgan fingerprint density at radius 3 is 2.70 bits per heavy atom. The normalized spacial score (nSPS) is 11.8. The van der Waals surface area contributed by atoms with Crippen molar-refractivity contribution in [2.75, 3.05) is 32.1 Å². The maximum Gasteiger partial charge on any atom is 0.240 e. The first-order valence-electron chi connectivity index (χ1n) is 6.12. The predicted octanol–water partition coefficient (Wildman–Crippen LogP) is 0.908. The molecule has 0 spiro atoms. The van der Waals surface area contributed by atoms with E-state index in [4.69, 9.17) is 27.2 Å². The molecule has 114 valence electrons. The molecule has 0 aliphatic rings. The third-order valence-electron chi connectivity index (χ3n) is 2.66. The molecule has 20 heavy (non-hydrogen) atoms. The lowest BCUT2D eigenvalue weighted by Crippen LogP contribution is -2.26. The number of hydrogen-bond acceptors (Lipinski definition) is 5. The van der Waals surface area contributed by atoms with Gasteiger partial charge >= 0.3 is 0 Å². The van der Waals surface area contributed by atoms with E-state index in [0.717, 1.165) is 0 Å². The van der Waals surface area contributed by atoms with Gasteiger partial charge in [0, 0.05) is 23.9 Å². The van der Waals surface area contributed by atoms with Crippen LogP contribution in [0.3, 0.4) is 0 Å². The Labute approximate surface area is 123 Å². The van der Waals surface area contributed by atoms with Crippen molar-refractivity contribution in [3.05, 3.63) is 22.7 Å². The highest BCUT2D eigenvalue weighted by Gasteiger charge is 2.16. The van der Waals surface area contributed by atoms with Crippen molar-refractivity contribution in [1.82, 2.24) is 4.72 Å². The number of nitrogens with one attached hydrogen (secondary N) is 1. The molecule has 0 aliphatic heterocycles. The number of sulfonamides is 1. The summed E-state index contributed by atoms with van der Waals surface area (Å²) in [5, 5.41) is 8.83. The van der Waals surface area contributed by atoms with Crippen LogP contribution in [0.25, 0.3) is 0 Å². The van der Waals surface area contributed by atoms with E-state index in [1.807, 2.05) is 0 Å². The second-order valence-corrected chi connectivity index (χ2v) is 6.38. The zero-order chi connectivity index (χ0) is 15.2. The van der Waals surface area contributed by atoms with E-state index in [1.54, 1.807) is 6.92 Å². The zero-order valence-corrected chi connectivity index (χ0v) is 12.8. The maximum atomic E-state index is 12.0. The molecule has 1 aromatic rings. The molecular weight excluding hydrogens is 304 g/mol. The van der Waals surface area contributed by atoms with Crippen molar-refractivity contribution < 1.29 is 18.3 Å². The molecular formula is C12H19ClN2O4S. The number of nitrogens with two attached hydrogens (primary N) is 1. The third kappa shape index (κ3) is 4.92. The average molecular weight is 323 g/mol. The minimum Gasteiger partial charge on any atom is -0.398 e. The fourth-order valence-electron chi connectivity index (χ4n) is 1.46. The minimum atomic E-state index is -3.63. The van der Waals surface area contributed by atoms with E-state index in [9.17, 15) is 8.42 Å². The Balaban J connectivity index is 2.61. The van der Waals surface area contributed by atoms with Gasteiger partial charge in [0.15, 0.2) is 0 Å². The molecule has 8 heteroatoms. The van der Waals surface area contributed by atoms with Gasteiger partial charge in [0.05, 0.1) is 18.1 Å². The van der Waals surface area contributed by atoms with E-state index >= 15 is 0 Å². The average Bonchev–Trinajstić information content (AvgIpc) is 2.39. The van der Waals surface area contributed by atoms with Crippen molar-refractivity contribution in [1.29, 1.82) is 0 Å². The van der Waals surface area contributed by atoms with E-state index in [2.05, 4.69) is 4.72 Å². The van der Waals surface area contributed by atoms with Crippen molar-refractivity contribution in [2.24, 2.45) is 0 Å². The number of ether oxygens (including phenoxy) is 1. The quantitative estimate of drug-likeness (QED) is 0.488. The number of benzene rings is 1. The lowest BCUT2D eigenvalue weighted by atomic mass is 10.2. The van der Waals surface area contributed by atoms with Crippen LogP contribution in [0.15, 0.2) is 17.0 Å². The van der Waals surface area contributed by atoms with Crippen LogP contribution in [0.2, 0.25) is 5.02 Å².